The first-order chi connectivity index (χ1) is 5.86. The predicted octanol–water partition coefficient (Wildman–Crippen LogP) is -0.103. The summed E-state index contributed by atoms with van der Waals surface area (Å²) < 4.78 is 6.37. The van der Waals surface area contributed by atoms with E-state index >= 15 is 0 Å². The van der Waals surface area contributed by atoms with Crippen LogP contribution < -0.4 is 5.73 Å². The summed E-state index contributed by atoms with van der Waals surface area (Å²) >= 11 is 0. The minimum absolute atomic E-state index is 0.302. The molecule has 0 aliphatic carbocycles. The molecule has 2 aromatic rings. The molecule has 2 rings (SSSR count). The predicted molar refractivity (Wildman–Crippen MR) is 40.0 cm³/mol. The van der Waals surface area contributed by atoms with Crippen LogP contribution in [0.2, 0.25) is 0 Å². The normalized spacial score (nSPS) is 10.3. The maximum Gasteiger partial charge on any atom is 0.240 e. The third-order valence-electron chi connectivity index (χ3n) is 1.47. The van der Waals surface area contributed by atoms with Crippen LogP contribution in [0.25, 0.3) is 0 Å². The Hall–Kier alpha value is -1.85. The summed E-state index contributed by atoms with van der Waals surface area (Å²) in [6.07, 6.45) is 3.22. The van der Waals surface area contributed by atoms with Crippen molar-refractivity contribution in [2.75, 3.05) is 5.73 Å². The summed E-state index contributed by atoms with van der Waals surface area (Å²) in [5.74, 6) is 0.302. The smallest absolute Gasteiger partial charge is 0.240 e. The summed E-state index contributed by atoms with van der Waals surface area (Å²) in [5, 5.41) is 10.6. The molecule has 0 fully saturated rings. The summed E-state index contributed by atoms with van der Waals surface area (Å²) in [5.41, 5.74) is 6.43. The summed E-state index contributed by atoms with van der Waals surface area (Å²) in [6, 6.07) is 1.83. The Morgan fingerprint density at radius 1 is 1.58 bits per heavy atom. The molecule has 0 bridgehead atoms. The largest absolute Gasteiger partial charge is 0.472 e. The Labute approximate surface area is 68.0 Å². The number of nitrogens with two attached hydrogens (primary N) is 1. The lowest BCUT2D eigenvalue weighted by Gasteiger charge is -1.95. The van der Waals surface area contributed by atoms with E-state index < -0.39 is 0 Å². The molecule has 6 nitrogen and oxygen atoms in total. The van der Waals surface area contributed by atoms with E-state index in [1.54, 1.807) is 12.5 Å². The second-order valence-electron chi connectivity index (χ2n) is 2.33. The van der Waals surface area contributed by atoms with Gasteiger partial charge in [0, 0.05) is 5.56 Å². The number of hydrogen-bond donors (Lipinski definition) is 1. The van der Waals surface area contributed by atoms with Crippen molar-refractivity contribution < 1.29 is 4.42 Å². The van der Waals surface area contributed by atoms with Crippen molar-refractivity contribution in [3.05, 3.63) is 24.2 Å². The van der Waals surface area contributed by atoms with Gasteiger partial charge in [-0.1, -0.05) is 5.10 Å². The number of nitrogens with zero attached hydrogens (tertiary/aromatic N) is 4. The van der Waals surface area contributed by atoms with Gasteiger partial charge in [0.25, 0.3) is 0 Å². The Kier molecular flexibility index (Phi) is 1.51. The lowest BCUT2D eigenvalue weighted by atomic mass is 10.3. The molecule has 0 radical (unpaired) electrons. The van der Waals surface area contributed by atoms with Crippen LogP contribution in [0, 0.1) is 0 Å². The maximum absolute atomic E-state index is 5.45. The number of anilines is 1. The van der Waals surface area contributed by atoms with Gasteiger partial charge in [-0.3, -0.25) is 0 Å². The average molecular weight is 165 g/mol. The third-order valence-corrected chi connectivity index (χ3v) is 1.47. The molecule has 0 aromatic carbocycles. The summed E-state index contributed by atoms with van der Waals surface area (Å²) in [7, 11) is 0. The highest BCUT2D eigenvalue weighted by atomic mass is 16.3. The van der Waals surface area contributed by atoms with Crippen LogP contribution in [0.4, 0.5) is 5.95 Å². The molecule has 0 saturated heterocycles. The molecule has 0 aliphatic rings. The van der Waals surface area contributed by atoms with Gasteiger partial charge in [0.05, 0.1) is 19.1 Å². The molecule has 12 heavy (non-hydrogen) atoms. The fourth-order valence-corrected chi connectivity index (χ4v) is 0.880. The number of tetrazole rings is 1. The fourth-order valence-electron chi connectivity index (χ4n) is 0.880. The lowest BCUT2D eigenvalue weighted by molar-refractivity contribution is 0.559. The molecule has 0 saturated carbocycles. The minimum atomic E-state index is 0.302. The van der Waals surface area contributed by atoms with Crippen molar-refractivity contribution in [3.8, 4) is 0 Å². The van der Waals surface area contributed by atoms with E-state index in [0.717, 1.165) is 5.56 Å². The van der Waals surface area contributed by atoms with E-state index in [-0.39, 0.29) is 0 Å². The third kappa shape index (κ3) is 1.14. The zero-order chi connectivity index (χ0) is 8.39. The Morgan fingerprint density at radius 3 is 3.08 bits per heavy atom. The van der Waals surface area contributed by atoms with Crippen molar-refractivity contribution in [1.82, 2.24) is 20.2 Å². The SMILES string of the molecule is Nc1nnnn1Cc1ccoc1. The zero-order valence-electron chi connectivity index (χ0n) is 6.21. The Bertz CT molecular complexity index is 352. The van der Waals surface area contributed by atoms with E-state index in [2.05, 4.69) is 15.5 Å². The number of furan rings is 1. The highest BCUT2D eigenvalue weighted by Crippen LogP contribution is 2.03. The molecule has 0 aliphatic heterocycles. The van der Waals surface area contributed by atoms with E-state index in [4.69, 9.17) is 10.2 Å². The number of aromatic nitrogens is 4. The Morgan fingerprint density at radius 2 is 2.50 bits per heavy atom. The highest BCUT2D eigenvalue weighted by molar-refractivity contribution is 5.14. The van der Waals surface area contributed by atoms with E-state index in [0.29, 0.717) is 12.5 Å². The van der Waals surface area contributed by atoms with Gasteiger partial charge in [-0.15, -0.1) is 0 Å². The molecule has 0 atom stereocenters. The van der Waals surface area contributed by atoms with Crippen LogP contribution in [0.3, 0.4) is 0 Å². The minimum Gasteiger partial charge on any atom is -0.472 e. The van der Waals surface area contributed by atoms with Crippen molar-refractivity contribution >= 4 is 5.95 Å². The van der Waals surface area contributed by atoms with Gasteiger partial charge in [-0.05, 0) is 16.5 Å². The second kappa shape index (κ2) is 2.65. The molecule has 0 unspecified atom stereocenters. The Balaban J connectivity index is 2.20. The number of rotatable bonds is 2. The van der Waals surface area contributed by atoms with Crippen LogP contribution in [-0.2, 0) is 6.54 Å². The summed E-state index contributed by atoms with van der Waals surface area (Å²) in [4.78, 5) is 0. The first-order valence-electron chi connectivity index (χ1n) is 3.39. The van der Waals surface area contributed by atoms with Gasteiger partial charge in [0.1, 0.15) is 0 Å². The van der Waals surface area contributed by atoms with Crippen LogP contribution >= 0.6 is 0 Å². The monoisotopic (exact) mass is 165 g/mol. The summed E-state index contributed by atoms with van der Waals surface area (Å²) in [6.45, 7) is 0.537. The van der Waals surface area contributed by atoms with Gasteiger partial charge in [0.15, 0.2) is 0 Å². The van der Waals surface area contributed by atoms with Gasteiger partial charge in [-0.2, -0.15) is 0 Å². The fraction of sp³-hybridized carbons (Fsp3) is 0.167. The molecule has 2 N–H and O–H groups in total. The zero-order valence-corrected chi connectivity index (χ0v) is 6.21. The maximum atomic E-state index is 5.45. The van der Waals surface area contributed by atoms with Gasteiger partial charge >= 0.3 is 0 Å². The molecule has 2 aromatic heterocycles. The van der Waals surface area contributed by atoms with E-state index in [1.165, 1.54) is 4.68 Å². The standard InChI is InChI=1S/C6H7N5O/c7-6-8-9-10-11(6)3-5-1-2-12-4-5/h1-2,4H,3H2,(H2,7,8,10). The van der Waals surface area contributed by atoms with Crippen molar-refractivity contribution in [2.45, 2.75) is 6.54 Å². The lowest BCUT2D eigenvalue weighted by Crippen LogP contribution is -2.05. The van der Waals surface area contributed by atoms with Gasteiger partial charge in [0.2, 0.25) is 5.95 Å². The molecule has 62 valence electrons. The van der Waals surface area contributed by atoms with Gasteiger partial charge < -0.3 is 10.2 Å². The van der Waals surface area contributed by atoms with Crippen molar-refractivity contribution in [1.29, 1.82) is 0 Å². The molecule has 6 heteroatoms. The van der Waals surface area contributed by atoms with Crippen molar-refractivity contribution in [2.24, 2.45) is 0 Å². The first-order valence-corrected chi connectivity index (χ1v) is 3.39. The number of hydrogen-bond acceptors (Lipinski definition) is 5. The molecule has 0 spiro atoms. The average Bonchev–Trinajstić information content (AvgIpc) is 2.65. The van der Waals surface area contributed by atoms with Crippen LogP contribution in [-0.4, -0.2) is 20.2 Å². The quantitative estimate of drug-likeness (QED) is 0.671. The topological polar surface area (TPSA) is 82.8 Å². The molecular weight excluding hydrogens is 158 g/mol. The highest BCUT2D eigenvalue weighted by Gasteiger charge is 2.01. The van der Waals surface area contributed by atoms with Crippen LogP contribution in [0.15, 0.2) is 23.0 Å². The number of nitrogen functional groups attached to an aromatic ring is 1. The molecule has 0 amide bonds. The molecular formula is C6H7N5O. The second-order valence-corrected chi connectivity index (χ2v) is 2.33. The van der Waals surface area contributed by atoms with Gasteiger partial charge in [-0.25, -0.2) is 4.68 Å². The first kappa shape index (κ1) is 6.84. The van der Waals surface area contributed by atoms with E-state index in [1.807, 2.05) is 6.07 Å². The van der Waals surface area contributed by atoms with Crippen LogP contribution in [0.5, 0.6) is 0 Å². The van der Waals surface area contributed by atoms with Crippen molar-refractivity contribution in [3.63, 3.8) is 0 Å². The molecule has 2 heterocycles. The van der Waals surface area contributed by atoms with Crippen LogP contribution in [0.1, 0.15) is 5.56 Å². The van der Waals surface area contributed by atoms with E-state index in [9.17, 15) is 0 Å².